The normalized spacial score (nSPS) is 11.6. The van der Waals surface area contributed by atoms with E-state index in [1.54, 1.807) is 25.3 Å². The molecule has 0 aromatic carbocycles. The molecule has 0 saturated heterocycles. The first-order chi connectivity index (χ1) is 8.13. The Morgan fingerprint density at radius 3 is 2.82 bits per heavy atom. The Hall–Kier alpha value is -1.95. The molecular formula is C11H15N3O3. The molecule has 0 saturated carbocycles. The maximum atomic E-state index is 11.5. The van der Waals surface area contributed by atoms with Gasteiger partial charge in [0.25, 0.3) is 0 Å². The van der Waals surface area contributed by atoms with Gasteiger partial charge in [-0.15, -0.1) is 0 Å². The zero-order valence-corrected chi connectivity index (χ0v) is 9.77. The topological polar surface area (TPSA) is 80.3 Å². The van der Waals surface area contributed by atoms with Crippen LogP contribution < -0.4 is 10.6 Å². The van der Waals surface area contributed by atoms with Crippen LogP contribution in [0.25, 0.3) is 0 Å². The third kappa shape index (κ3) is 4.60. The number of carbonyl (C=O) groups excluding carboxylic acids is 2. The van der Waals surface area contributed by atoms with Gasteiger partial charge in [0, 0.05) is 19.3 Å². The Morgan fingerprint density at radius 1 is 1.47 bits per heavy atom. The molecule has 0 bridgehead atoms. The van der Waals surface area contributed by atoms with E-state index in [2.05, 4.69) is 15.6 Å². The molecular weight excluding hydrogens is 222 g/mol. The molecule has 0 spiro atoms. The number of ether oxygens (including phenoxy) is 1. The fourth-order valence-electron chi connectivity index (χ4n) is 1.21. The van der Waals surface area contributed by atoms with Gasteiger partial charge in [-0.05, 0) is 19.1 Å². The number of hydrogen-bond donors (Lipinski definition) is 2. The monoisotopic (exact) mass is 237 g/mol. The Kier molecular flexibility index (Phi) is 5.09. The highest BCUT2D eigenvalue weighted by Crippen LogP contribution is 2.01. The van der Waals surface area contributed by atoms with Crippen LogP contribution in [0.15, 0.2) is 24.5 Å². The summed E-state index contributed by atoms with van der Waals surface area (Å²) in [4.78, 5) is 26.7. The zero-order valence-electron chi connectivity index (χ0n) is 9.77. The molecule has 0 aliphatic rings. The van der Waals surface area contributed by atoms with Crippen LogP contribution in [0, 0.1) is 0 Å². The summed E-state index contributed by atoms with van der Waals surface area (Å²) in [5.74, 6) is -1.42. The van der Waals surface area contributed by atoms with Crippen LogP contribution in [-0.2, 0) is 14.3 Å². The number of pyridine rings is 1. The Labute approximate surface area is 99.4 Å². The van der Waals surface area contributed by atoms with Crippen molar-refractivity contribution in [3.63, 3.8) is 0 Å². The second-order valence-electron chi connectivity index (χ2n) is 3.53. The van der Waals surface area contributed by atoms with Crippen LogP contribution >= 0.6 is 0 Å². The highest BCUT2D eigenvalue weighted by molar-refractivity contribution is 6.39. The van der Waals surface area contributed by atoms with Gasteiger partial charge in [-0.3, -0.25) is 14.6 Å². The maximum absolute atomic E-state index is 11.5. The molecule has 0 aliphatic heterocycles. The van der Waals surface area contributed by atoms with E-state index in [1.165, 1.54) is 13.3 Å². The van der Waals surface area contributed by atoms with Crippen molar-refractivity contribution in [3.8, 4) is 0 Å². The molecule has 0 radical (unpaired) electrons. The molecule has 1 unspecified atom stereocenters. The number of methoxy groups -OCH3 is 1. The minimum Gasteiger partial charge on any atom is -0.383 e. The van der Waals surface area contributed by atoms with E-state index in [0.717, 1.165) is 0 Å². The van der Waals surface area contributed by atoms with Crippen LogP contribution in [0.4, 0.5) is 5.69 Å². The lowest BCUT2D eigenvalue weighted by Crippen LogP contribution is -2.42. The average Bonchev–Trinajstić information content (AvgIpc) is 2.30. The lowest BCUT2D eigenvalue weighted by atomic mass is 10.3. The summed E-state index contributed by atoms with van der Waals surface area (Å²) in [6.45, 7) is 2.10. The van der Waals surface area contributed by atoms with Crippen molar-refractivity contribution in [3.05, 3.63) is 24.5 Å². The van der Waals surface area contributed by atoms with Gasteiger partial charge < -0.3 is 15.4 Å². The second kappa shape index (κ2) is 6.59. The van der Waals surface area contributed by atoms with Gasteiger partial charge in [0.15, 0.2) is 0 Å². The zero-order chi connectivity index (χ0) is 12.7. The predicted molar refractivity (Wildman–Crippen MR) is 62.3 cm³/mol. The van der Waals surface area contributed by atoms with E-state index in [9.17, 15) is 9.59 Å². The molecule has 2 amide bonds. The molecule has 0 fully saturated rings. The molecule has 1 rings (SSSR count). The molecule has 2 N–H and O–H groups in total. The van der Waals surface area contributed by atoms with Crippen LogP contribution in [0.2, 0.25) is 0 Å². The molecule has 1 aromatic heterocycles. The summed E-state index contributed by atoms with van der Waals surface area (Å²) in [6.07, 6.45) is 3.04. The van der Waals surface area contributed by atoms with Gasteiger partial charge in [0.2, 0.25) is 0 Å². The van der Waals surface area contributed by atoms with Crippen LogP contribution in [0.3, 0.4) is 0 Å². The summed E-state index contributed by atoms with van der Waals surface area (Å²) >= 11 is 0. The Morgan fingerprint density at radius 2 is 2.24 bits per heavy atom. The average molecular weight is 237 g/mol. The number of aromatic nitrogens is 1. The van der Waals surface area contributed by atoms with Gasteiger partial charge >= 0.3 is 11.8 Å². The van der Waals surface area contributed by atoms with Gasteiger partial charge in [-0.25, -0.2) is 0 Å². The number of amides is 2. The van der Waals surface area contributed by atoms with Crippen molar-refractivity contribution in [1.82, 2.24) is 10.3 Å². The molecule has 1 aromatic rings. The van der Waals surface area contributed by atoms with E-state index in [4.69, 9.17) is 4.74 Å². The number of carbonyl (C=O) groups is 2. The number of nitrogens with zero attached hydrogens (tertiary/aromatic N) is 1. The van der Waals surface area contributed by atoms with E-state index in [0.29, 0.717) is 12.3 Å². The lowest BCUT2D eigenvalue weighted by Gasteiger charge is -2.12. The summed E-state index contributed by atoms with van der Waals surface area (Å²) in [5, 5.41) is 4.94. The van der Waals surface area contributed by atoms with Crippen molar-refractivity contribution in [2.75, 3.05) is 19.0 Å². The van der Waals surface area contributed by atoms with E-state index >= 15 is 0 Å². The first kappa shape index (κ1) is 13.1. The number of nitrogens with one attached hydrogen (secondary N) is 2. The minimum atomic E-state index is -0.721. The fraction of sp³-hybridized carbons (Fsp3) is 0.364. The largest absolute Gasteiger partial charge is 0.383 e. The highest BCUT2D eigenvalue weighted by atomic mass is 16.5. The van der Waals surface area contributed by atoms with Gasteiger partial charge in [0.05, 0.1) is 18.5 Å². The third-order valence-electron chi connectivity index (χ3n) is 1.92. The van der Waals surface area contributed by atoms with Crippen molar-refractivity contribution in [2.45, 2.75) is 13.0 Å². The number of hydrogen-bond acceptors (Lipinski definition) is 4. The van der Waals surface area contributed by atoms with Crippen molar-refractivity contribution < 1.29 is 14.3 Å². The first-order valence-corrected chi connectivity index (χ1v) is 5.14. The standard InChI is InChI=1S/C11H15N3O3/c1-8(7-17-2)13-10(15)11(16)14-9-4-3-5-12-6-9/h3-6,8H,7H2,1-2H3,(H,13,15)(H,14,16). The number of rotatable bonds is 4. The second-order valence-corrected chi connectivity index (χ2v) is 3.53. The first-order valence-electron chi connectivity index (χ1n) is 5.14. The van der Waals surface area contributed by atoms with Gasteiger partial charge in [-0.2, -0.15) is 0 Å². The predicted octanol–water partition coefficient (Wildman–Crippen LogP) is 0.171. The highest BCUT2D eigenvalue weighted by Gasteiger charge is 2.15. The summed E-state index contributed by atoms with van der Waals surface area (Å²) in [7, 11) is 1.53. The molecule has 1 heterocycles. The summed E-state index contributed by atoms with van der Waals surface area (Å²) < 4.78 is 4.85. The lowest BCUT2D eigenvalue weighted by molar-refractivity contribution is -0.136. The molecule has 1 atom stereocenters. The minimum absolute atomic E-state index is 0.216. The van der Waals surface area contributed by atoms with Crippen molar-refractivity contribution >= 4 is 17.5 Å². The number of anilines is 1. The van der Waals surface area contributed by atoms with E-state index in [1.807, 2.05) is 0 Å². The van der Waals surface area contributed by atoms with Gasteiger partial charge in [0.1, 0.15) is 0 Å². The van der Waals surface area contributed by atoms with Crippen molar-refractivity contribution in [1.29, 1.82) is 0 Å². The molecule has 6 heteroatoms. The van der Waals surface area contributed by atoms with Gasteiger partial charge in [-0.1, -0.05) is 0 Å². The summed E-state index contributed by atoms with van der Waals surface area (Å²) in [5.41, 5.74) is 0.479. The smallest absolute Gasteiger partial charge is 0.313 e. The quantitative estimate of drug-likeness (QED) is 0.732. The SMILES string of the molecule is COCC(C)NC(=O)C(=O)Nc1cccnc1. The van der Waals surface area contributed by atoms with Crippen LogP contribution in [-0.4, -0.2) is 36.6 Å². The Balaban J connectivity index is 2.45. The van der Waals surface area contributed by atoms with Crippen molar-refractivity contribution in [2.24, 2.45) is 0 Å². The fourth-order valence-corrected chi connectivity index (χ4v) is 1.21. The summed E-state index contributed by atoms with van der Waals surface area (Å²) in [6, 6.07) is 3.10. The molecule has 17 heavy (non-hydrogen) atoms. The maximum Gasteiger partial charge on any atom is 0.313 e. The molecule has 92 valence electrons. The molecule has 0 aliphatic carbocycles. The van der Waals surface area contributed by atoms with Crippen LogP contribution in [0.1, 0.15) is 6.92 Å². The van der Waals surface area contributed by atoms with Crippen LogP contribution in [0.5, 0.6) is 0 Å². The third-order valence-corrected chi connectivity index (χ3v) is 1.92. The Bertz CT molecular complexity index is 381. The van der Waals surface area contributed by atoms with E-state index < -0.39 is 11.8 Å². The van der Waals surface area contributed by atoms with E-state index in [-0.39, 0.29) is 6.04 Å². The molecule has 6 nitrogen and oxygen atoms in total.